The number of aliphatic hydroxyl groups excluding tert-OH is 1. The Labute approximate surface area is 120 Å². The van der Waals surface area contributed by atoms with Gasteiger partial charge in [0.05, 0.1) is 5.75 Å². The number of aliphatic hydroxyl groups is 1. The number of rotatable bonds is 10. The number of hydrogen-bond donors (Lipinski definition) is 2. The van der Waals surface area contributed by atoms with E-state index in [1.54, 1.807) is 0 Å². The molecule has 1 heterocycles. The molecular weight excluding hydrogens is 288 g/mol. The van der Waals surface area contributed by atoms with Crippen LogP contribution in [0.15, 0.2) is 16.5 Å². The number of furan rings is 1. The van der Waals surface area contributed by atoms with Gasteiger partial charge in [-0.05, 0) is 25.0 Å². The van der Waals surface area contributed by atoms with Crippen molar-refractivity contribution in [3.8, 4) is 0 Å². The summed E-state index contributed by atoms with van der Waals surface area (Å²) in [4.78, 5) is 11.7. The summed E-state index contributed by atoms with van der Waals surface area (Å²) in [6.07, 6.45) is 3.48. The van der Waals surface area contributed by atoms with E-state index < -0.39 is 5.76 Å². The first kappa shape index (κ1) is 17.0. The van der Waals surface area contributed by atoms with Gasteiger partial charge in [0.25, 0.3) is 11.7 Å². The van der Waals surface area contributed by atoms with E-state index in [0.29, 0.717) is 24.1 Å². The summed E-state index contributed by atoms with van der Waals surface area (Å²) in [7, 11) is 0. The van der Waals surface area contributed by atoms with E-state index in [2.05, 4.69) is 5.32 Å². The molecule has 4 nitrogen and oxygen atoms in total. The van der Waals surface area contributed by atoms with Crippen LogP contribution in [0.1, 0.15) is 42.0 Å². The highest BCUT2D eigenvalue weighted by Crippen LogP contribution is 2.21. The van der Waals surface area contributed by atoms with Gasteiger partial charge >= 0.3 is 0 Å². The maximum Gasteiger partial charge on any atom is 0.286 e. The van der Waals surface area contributed by atoms with Gasteiger partial charge in [0, 0.05) is 13.2 Å². The standard InChI is InChI=1S/C13H19F2NO3S/c14-13(15)20-9-10-5-6-11(19-10)12(18)16-7-3-1-2-4-8-17/h5-6,13,17H,1-4,7-9H2,(H,16,18). The Morgan fingerprint density at radius 3 is 2.75 bits per heavy atom. The van der Waals surface area contributed by atoms with Crippen molar-refractivity contribution in [1.29, 1.82) is 0 Å². The van der Waals surface area contributed by atoms with Crippen LogP contribution < -0.4 is 5.32 Å². The maximum atomic E-state index is 12.0. The molecule has 0 fully saturated rings. The lowest BCUT2D eigenvalue weighted by Gasteiger charge is -2.03. The Hall–Kier alpha value is -1.08. The predicted octanol–water partition coefficient (Wildman–Crippen LogP) is 3.02. The number of alkyl halides is 2. The Balaban J connectivity index is 2.22. The molecule has 0 unspecified atom stereocenters. The summed E-state index contributed by atoms with van der Waals surface area (Å²) in [5, 5.41) is 11.3. The molecule has 1 amide bonds. The molecule has 0 bridgehead atoms. The van der Waals surface area contributed by atoms with E-state index in [1.807, 2.05) is 0 Å². The van der Waals surface area contributed by atoms with E-state index in [0.717, 1.165) is 25.7 Å². The zero-order chi connectivity index (χ0) is 14.8. The third-order valence-electron chi connectivity index (χ3n) is 2.61. The van der Waals surface area contributed by atoms with E-state index in [9.17, 15) is 13.6 Å². The highest BCUT2D eigenvalue weighted by atomic mass is 32.2. The molecule has 7 heteroatoms. The van der Waals surface area contributed by atoms with E-state index >= 15 is 0 Å². The van der Waals surface area contributed by atoms with Crippen molar-refractivity contribution in [2.75, 3.05) is 13.2 Å². The summed E-state index contributed by atoms with van der Waals surface area (Å²) in [5.41, 5.74) is 0. The van der Waals surface area contributed by atoms with E-state index in [4.69, 9.17) is 9.52 Å². The van der Waals surface area contributed by atoms with Gasteiger partial charge in [0.1, 0.15) is 5.76 Å². The maximum absolute atomic E-state index is 12.0. The second kappa shape index (κ2) is 9.77. The summed E-state index contributed by atoms with van der Waals surface area (Å²) in [6.45, 7) is 0.726. The van der Waals surface area contributed by atoms with Gasteiger partial charge in [-0.1, -0.05) is 24.6 Å². The molecule has 0 aliphatic carbocycles. The van der Waals surface area contributed by atoms with Crippen molar-refractivity contribution in [1.82, 2.24) is 5.32 Å². The molecular formula is C13H19F2NO3S. The summed E-state index contributed by atoms with van der Waals surface area (Å²) < 4.78 is 29.2. The highest BCUT2D eigenvalue weighted by Gasteiger charge is 2.12. The molecule has 0 radical (unpaired) electrons. The van der Waals surface area contributed by atoms with Crippen LogP contribution in [0.5, 0.6) is 0 Å². The van der Waals surface area contributed by atoms with Crippen LogP contribution in [0, 0.1) is 0 Å². The molecule has 1 aromatic heterocycles. The number of halogens is 2. The molecule has 0 aliphatic heterocycles. The molecule has 1 rings (SSSR count). The van der Waals surface area contributed by atoms with E-state index in [1.165, 1.54) is 12.1 Å². The topological polar surface area (TPSA) is 62.5 Å². The molecule has 0 saturated carbocycles. The molecule has 0 atom stereocenters. The van der Waals surface area contributed by atoms with Crippen molar-refractivity contribution in [2.45, 2.75) is 37.2 Å². The van der Waals surface area contributed by atoms with Gasteiger partial charge in [-0.25, -0.2) is 0 Å². The van der Waals surface area contributed by atoms with Gasteiger partial charge in [0.15, 0.2) is 5.76 Å². The number of carbonyl (C=O) groups is 1. The van der Waals surface area contributed by atoms with Crippen LogP contribution in [0.3, 0.4) is 0 Å². The molecule has 1 aromatic rings. The highest BCUT2D eigenvalue weighted by molar-refractivity contribution is 7.98. The van der Waals surface area contributed by atoms with Gasteiger partial charge in [0.2, 0.25) is 0 Å². The van der Waals surface area contributed by atoms with Crippen LogP contribution in [-0.2, 0) is 5.75 Å². The minimum Gasteiger partial charge on any atom is -0.455 e. The average molecular weight is 307 g/mol. The molecule has 0 saturated heterocycles. The van der Waals surface area contributed by atoms with Crippen molar-refractivity contribution in [2.24, 2.45) is 0 Å². The lowest BCUT2D eigenvalue weighted by molar-refractivity contribution is 0.0923. The van der Waals surface area contributed by atoms with E-state index in [-0.39, 0.29) is 24.0 Å². The van der Waals surface area contributed by atoms with Gasteiger partial charge in [-0.2, -0.15) is 8.78 Å². The van der Waals surface area contributed by atoms with Crippen LogP contribution in [-0.4, -0.2) is 29.9 Å². The largest absolute Gasteiger partial charge is 0.455 e. The summed E-state index contributed by atoms with van der Waals surface area (Å²) in [6, 6.07) is 3.02. The third-order valence-corrected chi connectivity index (χ3v) is 3.31. The fourth-order valence-corrected chi connectivity index (χ4v) is 2.05. The minimum absolute atomic E-state index is 0.0477. The van der Waals surface area contributed by atoms with Crippen molar-refractivity contribution < 1.29 is 23.1 Å². The van der Waals surface area contributed by atoms with Crippen molar-refractivity contribution in [3.63, 3.8) is 0 Å². The zero-order valence-corrected chi connectivity index (χ0v) is 11.9. The second-order valence-corrected chi connectivity index (χ2v) is 5.21. The summed E-state index contributed by atoms with van der Waals surface area (Å²) >= 11 is 0.459. The molecule has 114 valence electrons. The number of unbranched alkanes of at least 4 members (excludes halogenated alkanes) is 3. The number of hydrogen-bond acceptors (Lipinski definition) is 4. The lowest BCUT2D eigenvalue weighted by atomic mass is 10.2. The quantitative estimate of drug-likeness (QED) is 0.652. The fourth-order valence-electron chi connectivity index (χ4n) is 1.60. The zero-order valence-electron chi connectivity index (χ0n) is 11.1. The molecule has 0 aliphatic rings. The third kappa shape index (κ3) is 6.91. The monoisotopic (exact) mass is 307 g/mol. The predicted molar refractivity (Wildman–Crippen MR) is 73.9 cm³/mol. The smallest absolute Gasteiger partial charge is 0.286 e. The fraction of sp³-hybridized carbons (Fsp3) is 0.615. The SMILES string of the molecule is O=C(NCCCCCCO)c1ccc(CSC(F)F)o1. The number of carbonyl (C=O) groups excluding carboxylic acids is 1. The Bertz CT molecular complexity index is 399. The van der Waals surface area contributed by atoms with Crippen LogP contribution in [0.25, 0.3) is 0 Å². The normalized spacial score (nSPS) is 11.0. The second-order valence-electron chi connectivity index (χ2n) is 4.23. The van der Waals surface area contributed by atoms with Gasteiger partial charge in [-0.3, -0.25) is 4.79 Å². The number of amides is 1. The Morgan fingerprint density at radius 2 is 2.05 bits per heavy atom. The molecule has 20 heavy (non-hydrogen) atoms. The van der Waals surface area contributed by atoms with Gasteiger partial charge in [-0.15, -0.1) is 0 Å². The minimum atomic E-state index is -2.45. The first-order chi connectivity index (χ1) is 9.63. The first-order valence-corrected chi connectivity index (χ1v) is 7.56. The molecule has 2 N–H and O–H groups in total. The molecule has 0 aromatic carbocycles. The van der Waals surface area contributed by atoms with Crippen LogP contribution >= 0.6 is 11.8 Å². The Kier molecular flexibility index (Phi) is 8.29. The summed E-state index contributed by atoms with van der Waals surface area (Å²) in [5.74, 6) is -2.23. The number of thioether (sulfide) groups is 1. The Morgan fingerprint density at radius 1 is 1.30 bits per heavy atom. The van der Waals surface area contributed by atoms with Crippen LogP contribution in [0.4, 0.5) is 8.78 Å². The van der Waals surface area contributed by atoms with Gasteiger partial charge < -0.3 is 14.8 Å². The average Bonchev–Trinajstić information content (AvgIpc) is 2.89. The van der Waals surface area contributed by atoms with Crippen molar-refractivity contribution in [3.05, 3.63) is 23.7 Å². The number of nitrogens with one attached hydrogen (secondary N) is 1. The lowest BCUT2D eigenvalue weighted by Crippen LogP contribution is -2.23. The first-order valence-electron chi connectivity index (χ1n) is 6.51. The molecule has 0 spiro atoms. The van der Waals surface area contributed by atoms with Crippen molar-refractivity contribution >= 4 is 17.7 Å². The van der Waals surface area contributed by atoms with Crippen LogP contribution in [0.2, 0.25) is 0 Å².